The summed E-state index contributed by atoms with van der Waals surface area (Å²) in [7, 11) is 0. The first-order valence-electron chi connectivity index (χ1n) is 7.49. The summed E-state index contributed by atoms with van der Waals surface area (Å²) in [5.41, 5.74) is 0.728. The normalized spacial score (nSPS) is 13.0. The molecule has 2 heterocycles. The van der Waals surface area contributed by atoms with Gasteiger partial charge < -0.3 is 10.1 Å². The van der Waals surface area contributed by atoms with Crippen LogP contribution >= 0.6 is 11.6 Å². The summed E-state index contributed by atoms with van der Waals surface area (Å²) in [5, 5.41) is 3.22. The minimum atomic E-state index is -0.363. The van der Waals surface area contributed by atoms with Crippen molar-refractivity contribution in [2.75, 3.05) is 11.4 Å². The highest BCUT2D eigenvalue weighted by Crippen LogP contribution is 2.39. The lowest BCUT2D eigenvalue weighted by Crippen LogP contribution is -2.42. The molecule has 1 aliphatic rings. The van der Waals surface area contributed by atoms with Crippen molar-refractivity contribution in [3.8, 4) is 11.6 Å². The lowest BCUT2D eigenvalue weighted by molar-refractivity contribution is -0.120. The van der Waals surface area contributed by atoms with Crippen LogP contribution in [0.5, 0.6) is 11.6 Å². The van der Waals surface area contributed by atoms with Gasteiger partial charge in [0.15, 0.2) is 5.75 Å². The third-order valence-electron chi connectivity index (χ3n) is 3.42. The molecular weight excluding hydrogens is 330 g/mol. The fraction of sp³-hybridized carbons (Fsp3) is 0.235. The summed E-state index contributed by atoms with van der Waals surface area (Å²) in [4.78, 5) is 30.6. The second-order valence-electron chi connectivity index (χ2n) is 5.68. The second-order valence-corrected chi connectivity index (χ2v) is 6.12. The van der Waals surface area contributed by atoms with Crippen LogP contribution < -0.4 is 15.0 Å². The van der Waals surface area contributed by atoms with E-state index in [9.17, 15) is 9.59 Å². The van der Waals surface area contributed by atoms with Crippen LogP contribution in [-0.2, 0) is 4.79 Å². The van der Waals surface area contributed by atoms with Gasteiger partial charge in [-0.3, -0.25) is 14.5 Å². The Morgan fingerprint density at radius 2 is 2.17 bits per heavy atom. The van der Waals surface area contributed by atoms with Crippen molar-refractivity contribution in [3.63, 3.8) is 0 Å². The first-order chi connectivity index (χ1) is 11.5. The number of carbonyl (C=O) groups is 2. The van der Waals surface area contributed by atoms with Gasteiger partial charge in [-0.2, -0.15) is 0 Å². The van der Waals surface area contributed by atoms with E-state index in [-0.39, 0.29) is 30.3 Å². The number of benzene rings is 1. The van der Waals surface area contributed by atoms with Crippen LogP contribution in [-0.4, -0.2) is 29.4 Å². The van der Waals surface area contributed by atoms with E-state index in [0.29, 0.717) is 22.0 Å². The third-order valence-corrected chi connectivity index (χ3v) is 3.65. The standard InChI is InChI=1S/C17H16ClN3O3/c1-10(2)20-15(22)9-21-13-8-11(18)5-6-14(13)24-16-12(17(21)23)4-3-7-19-16/h3-8,10H,9H2,1-2H3,(H,20,22). The van der Waals surface area contributed by atoms with Gasteiger partial charge in [-0.05, 0) is 44.2 Å². The highest BCUT2D eigenvalue weighted by atomic mass is 35.5. The van der Waals surface area contributed by atoms with Gasteiger partial charge in [-0.25, -0.2) is 4.98 Å². The SMILES string of the molecule is CC(C)NC(=O)CN1C(=O)c2cccnc2Oc2ccc(Cl)cc21. The van der Waals surface area contributed by atoms with E-state index in [4.69, 9.17) is 16.3 Å². The van der Waals surface area contributed by atoms with Crippen molar-refractivity contribution in [3.05, 3.63) is 47.1 Å². The predicted octanol–water partition coefficient (Wildman–Crippen LogP) is 3.01. The molecule has 24 heavy (non-hydrogen) atoms. The summed E-state index contributed by atoms with van der Waals surface area (Å²) < 4.78 is 5.76. The number of hydrogen-bond acceptors (Lipinski definition) is 4. The number of pyridine rings is 1. The number of ether oxygens (including phenoxy) is 1. The van der Waals surface area contributed by atoms with Gasteiger partial charge >= 0.3 is 0 Å². The maximum Gasteiger partial charge on any atom is 0.264 e. The Bertz CT molecular complexity index is 807. The van der Waals surface area contributed by atoms with E-state index >= 15 is 0 Å². The van der Waals surface area contributed by atoms with Crippen LogP contribution in [0.4, 0.5) is 5.69 Å². The van der Waals surface area contributed by atoms with E-state index in [1.807, 2.05) is 13.8 Å². The number of fused-ring (bicyclic) bond motifs is 2. The number of hydrogen-bond donors (Lipinski definition) is 1. The molecule has 0 unspecified atom stereocenters. The van der Waals surface area contributed by atoms with Gasteiger partial charge in [0.25, 0.3) is 5.91 Å². The molecule has 6 nitrogen and oxygen atoms in total. The van der Waals surface area contributed by atoms with Crippen LogP contribution in [0, 0.1) is 0 Å². The first kappa shape index (κ1) is 16.3. The molecule has 0 fully saturated rings. The minimum Gasteiger partial charge on any atom is -0.436 e. The molecule has 0 aliphatic carbocycles. The summed E-state index contributed by atoms with van der Waals surface area (Å²) in [6, 6.07) is 8.15. The van der Waals surface area contributed by atoms with Crippen molar-refractivity contribution < 1.29 is 14.3 Å². The van der Waals surface area contributed by atoms with Crippen molar-refractivity contribution in [1.29, 1.82) is 0 Å². The Morgan fingerprint density at radius 1 is 1.38 bits per heavy atom. The maximum absolute atomic E-state index is 12.9. The highest BCUT2D eigenvalue weighted by Gasteiger charge is 2.30. The van der Waals surface area contributed by atoms with Gasteiger partial charge in [-0.1, -0.05) is 11.6 Å². The Labute approximate surface area is 144 Å². The number of nitrogens with zero attached hydrogens (tertiary/aromatic N) is 2. The minimum absolute atomic E-state index is 0.0244. The van der Waals surface area contributed by atoms with E-state index in [2.05, 4.69) is 10.3 Å². The van der Waals surface area contributed by atoms with Gasteiger partial charge in [0.05, 0.1) is 5.69 Å². The molecule has 2 amide bonds. The summed E-state index contributed by atoms with van der Waals surface area (Å²) in [6.07, 6.45) is 1.54. The number of nitrogens with one attached hydrogen (secondary N) is 1. The second kappa shape index (κ2) is 6.49. The van der Waals surface area contributed by atoms with Crippen LogP contribution in [0.3, 0.4) is 0 Å². The van der Waals surface area contributed by atoms with E-state index in [0.717, 1.165) is 0 Å². The Balaban J connectivity index is 2.06. The number of carbonyl (C=O) groups excluding carboxylic acids is 2. The summed E-state index contributed by atoms with van der Waals surface area (Å²) >= 11 is 6.07. The fourth-order valence-corrected chi connectivity index (χ4v) is 2.62. The van der Waals surface area contributed by atoms with Crippen molar-refractivity contribution in [2.24, 2.45) is 0 Å². The van der Waals surface area contributed by atoms with Crippen LogP contribution in [0.2, 0.25) is 5.02 Å². The average molecular weight is 346 g/mol. The number of aromatic nitrogens is 1. The van der Waals surface area contributed by atoms with Gasteiger partial charge in [0.2, 0.25) is 11.8 Å². The molecule has 0 spiro atoms. The maximum atomic E-state index is 12.9. The molecule has 0 atom stereocenters. The Hall–Kier alpha value is -2.60. The number of rotatable bonds is 3. The van der Waals surface area contributed by atoms with Crippen molar-refractivity contribution >= 4 is 29.1 Å². The number of halogens is 1. The van der Waals surface area contributed by atoms with Crippen LogP contribution in [0.15, 0.2) is 36.5 Å². The Morgan fingerprint density at radius 3 is 2.92 bits per heavy atom. The molecule has 3 rings (SSSR count). The largest absolute Gasteiger partial charge is 0.436 e. The number of amides is 2. The molecule has 0 saturated carbocycles. The molecule has 2 aromatic rings. The smallest absolute Gasteiger partial charge is 0.264 e. The number of anilines is 1. The Kier molecular flexibility index (Phi) is 4.40. The topological polar surface area (TPSA) is 71.5 Å². The quantitative estimate of drug-likeness (QED) is 0.928. The summed E-state index contributed by atoms with van der Waals surface area (Å²) in [5.74, 6) is -0.00461. The van der Waals surface area contributed by atoms with E-state index in [1.165, 1.54) is 4.90 Å². The lowest BCUT2D eigenvalue weighted by Gasteiger charge is -2.22. The molecule has 1 aromatic carbocycles. The molecule has 0 saturated heterocycles. The van der Waals surface area contributed by atoms with Gasteiger partial charge in [-0.15, -0.1) is 0 Å². The molecule has 7 heteroatoms. The molecule has 124 valence electrons. The molecule has 1 N–H and O–H groups in total. The van der Waals surface area contributed by atoms with Gasteiger partial charge in [0.1, 0.15) is 12.1 Å². The van der Waals surface area contributed by atoms with E-state index in [1.54, 1.807) is 36.5 Å². The molecule has 0 radical (unpaired) electrons. The third kappa shape index (κ3) is 3.19. The van der Waals surface area contributed by atoms with Crippen LogP contribution in [0.1, 0.15) is 24.2 Å². The zero-order chi connectivity index (χ0) is 17.3. The predicted molar refractivity (Wildman–Crippen MR) is 90.7 cm³/mol. The zero-order valence-electron chi connectivity index (χ0n) is 13.2. The molecular formula is C17H16ClN3O3. The zero-order valence-corrected chi connectivity index (χ0v) is 14.0. The average Bonchev–Trinajstić information content (AvgIpc) is 2.63. The van der Waals surface area contributed by atoms with Crippen LogP contribution in [0.25, 0.3) is 0 Å². The summed E-state index contributed by atoms with van der Waals surface area (Å²) in [6.45, 7) is 3.58. The van der Waals surface area contributed by atoms with Crippen molar-refractivity contribution in [2.45, 2.75) is 19.9 Å². The lowest BCUT2D eigenvalue weighted by atomic mass is 10.2. The van der Waals surface area contributed by atoms with Crippen molar-refractivity contribution in [1.82, 2.24) is 10.3 Å². The molecule has 0 bridgehead atoms. The van der Waals surface area contributed by atoms with Gasteiger partial charge in [0, 0.05) is 17.3 Å². The monoisotopic (exact) mass is 345 g/mol. The van der Waals surface area contributed by atoms with E-state index < -0.39 is 0 Å². The molecule has 1 aromatic heterocycles. The highest BCUT2D eigenvalue weighted by molar-refractivity contribution is 6.31. The molecule has 1 aliphatic heterocycles. The first-order valence-corrected chi connectivity index (χ1v) is 7.87. The fourth-order valence-electron chi connectivity index (χ4n) is 2.45.